The van der Waals surface area contributed by atoms with Crippen LogP contribution in [-0.2, 0) is 26.2 Å². The average Bonchev–Trinajstić information content (AvgIpc) is 2.50. The van der Waals surface area contributed by atoms with Crippen LogP contribution in [0.25, 0.3) is 0 Å². The van der Waals surface area contributed by atoms with Gasteiger partial charge in [0.2, 0.25) is 0 Å². The SMILES string of the molecule is CC1=[C-]C(C)(C)C(C)=C1C.CO.CO.CO.Cl.Cl.[Zr]. The molecule has 1 rings (SSSR count). The fourth-order valence-electron chi connectivity index (χ4n) is 1.41. The summed E-state index contributed by atoms with van der Waals surface area (Å²) in [5.74, 6) is 0. The van der Waals surface area contributed by atoms with E-state index in [9.17, 15) is 0 Å². The van der Waals surface area contributed by atoms with Crippen molar-refractivity contribution in [2.45, 2.75) is 34.6 Å². The van der Waals surface area contributed by atoms with Crippen LogP contribution in [0.15, 0.2) is 16.7 Å². The van der Waals surface area contributed by atoms with Crippen LogP contribution in [0, 0.1) is 11.5 Å². The van der Waals surface area contributed by atoms with Crippen LogP contribution in [0.4, 0.5) is 0 Å². The van der Waals surface area contributed by atoms with E-state index in [-0.39, 0.29) is 56.4 Å². The number of allylic oxidation sites excluding steroid dienone is 4. The third-order valence-electron chi connectivity index (χ3n) is 2.56. The van der Waals surface area contributed by atoms with Crippen molar-refractivity contribution in [1.82, 2.24) is 0 Å². The Morgan fingerprint density at radius 1 is 0.789 bits per heavy atom. The number of aliphatic hydroxyl groups is 3. The van der Waals surface area contributed by atoms with Gasteiger partial charge in [-0.2, -0.15) is 11.1 Å². The van der Waals surface area contributed by atoms with Gasteiger partial charge in [0, 0.05) is 47.5 Å². The third-order valence-corrected chi connectivity index (χ3v) is 2.56. The van der Waals surface area contributed by atoms with Gasteiger partial charge < -0.3 is 15.3 Å². The van der Waals surface area contributed by atoms with Crippen molar-refractivity contribution < 1.29 is 41.5 Å². The molecule has 0 aromatic heterocycles. The molecule has 6 heteroatoms. The van der Waals surface area contributed by atoms with Gasteiger partial charge in [-0.25, -0.2) is 5.57 Å². The minimum absolute atomic E-state index is 0. The molecule has 0 saturated carbocycles. The summed E-state index contributed by atoms with van der Waals surface area (Å²) in [5.41, 5.74) is 4.39. The van der Waals surface area contributed by atoms with Crippen LogP contribution in [0.2, 0.25) is 0 Å². The molecule has 0 aromatic carbocycles. The Morgan fingerprint density at radius 3 is 1.11 bits per heavy atom. The van der Waals surface area contributed by atoms with Crippen LogP contribution in [0.5, 0.6) is 0 Å². The van der Waals surface area contributed by atoms with Crippen LogP contribution >= 0.6 is 24.8 Å². The van der Waals surface area contributed by atoms with Gasteiger partial charge in [0.1, 0.15) is 0 Å². The molecule has 0 bridgehead atoms. The summed E-state index contributed by atoms with van der Waals surface area (Å²) in [7, 11) is 3.00. The Morgan fingerprint density at radius 2 is 1.05 bits per heavy atom. The van der Waals surface area contributed by atoms with E-state index in [1.54, 1.807) is 0 Å². The molecule has 0 unspecified atom stereocenters. The van der Waals surface area contributed by atoms with Crippen molar-refractivity contribution in [2.75, 3.05) is 21.3 Å². The van der Waals surface area contributed by atoms with Crippen molar-refractivity contribution in [2.24, 2.45) is 5.41 Å². The number of hydrogen-bond acceptors (Lipinski definition) is 3. The molecule has 0 heterocycles. The first-order valence-electron chi connectivity index (χ1n) is 5.09. The molecule has 118 valence electrons. The Hall–Kier alpha value is 0.823. The van der Waals surface area contributed by atoms with Crippen molar-refractivity contribution in [3.05, 3.63) is 22.8 Å². The van der Waals surface area contributed by atoms with Crippen molar-refractivity contribution in [1.29, 1.82) is 0 Å². The number of halogens is 2. The second kappa shape index (κ2) is 21.1. The summed E-state index contributed by atoms with van der Waals surface area (Å²) in [6.45, 7) is 10.9. The summed E-state index contributed by atoms with van der Waals surface area (Å²) >= 11 is 0. The number of rotatable bonds is 0. The zero-order chi connectivity index (χ0) is 13.9. The molecule has 0 amide bonds. The second-order valence-corrected chi connectivity index (χ2v) is 3.62. The van der Waals surface area contributed by atoms with Crippen LogP contribution < -0.4 is 0 Å². The largest absolute Gasteiger partial charge is 0.400 e. The van der Waals surface area contributed by atoms with Gasteiger partial charge in [-0.3, -0.25) is 6.08 Å². The second-order valence-electron chi connectivity index (χ2n) is 3.62. The first-order valence-corrected chi connectivity index (χ1v) is 5.09. The van der Waals surface area contributed by atoms with Gasteiger partial charge in [-0.15, -0.1) is 31.7 Å². The van der Waals surface area contributed by atoms with Crippen LogP contribution in [0.1, 0.15) is 34.6 Å². The van der Waals surface area contributed by atoms with Gasteiger partial charge in [0.15, 0.2) is 0 Å². The smallest absolute Gasteiger partial charge is 0.0319 e. The molecular weight excluding hydrogens is 366 g/mol. The summed E-state index contributed by atoms with van der Waals surface area (Å²) in [4.78, 5) is 0. The van der Waals surface area contributed by atoms with Crippen molar-refractivity contribution >= 4 is 24.8 Å². The van der Waals surface area contributed by atoms with Gasteiger partial charge in [-0.05, 0) is 0 Å². The summed E-state index contributed by atoms with van der Waals surface area (Å²) < 4.78 is 0. The maximum atomic E-state index is 7.00. The number of hydrogen-bond donors (Lipinski definition) is 3. The molecule has 19 heavy (non-hydrogen) atoms. The normalized spacial score (nSPS) is 13.3. The molecule has 3 N–H and O–H groups in total. The average molecular weight is 396 g/mol. The molecule has 0 atom stereocenters. The fourth-order valence-corrected chi connectivity index (χ4v) is 1.41. The van der Waals surface area contributed by atoms with Gasteiger partial charge >= 0.3 is 0 Å². The molecule has 1 aliphatic rings. The van der Waals surface area contributed by atoms with E-state index in [2.05, 4.69) is 40.7 Å². The zero-order valence-corrected chi connectivity index (χ0v) is 17.2. The molecule has 0 spiro atoms. The van der Waals surface area contributed by atoms with Gasteiger partial charge in [-0.1, -0.05) is 33.1 Å². The zero-order valence-electron chi connectivity index (χ0n) is 13.2. The van der Waals surface area contributed by atoms with Gasteiger partial charge in [0.05, 0.1) is 0 Å². The summed E-state index contributed by atoms with van der Waals surface area (Å²) in [6.07, 6.45) is 3.44. The van der Waals surface area contributed by atoms with Crippen molar-refractivity contribution in [3.63, 3.8) is 0 Å². The van der Waals surface area contributed by atoms with E-state index < -0.39 is 0 Å². The maximum Gasteiger partial charge on any atom is 0.0319 e. The molecule has 0 saturated heterocycles. The molecular formula is C13H29Cl2O3Zr-. The third kappa shape index (κ3) is 13.6. The van der Waals surface area contributed by atoms with Gasteiger partial charge in [0.25, 0.3) is 0 Å². The topological polar surface area (TPSA) is 60.7 Å². The summed E-state index contributed by atoms with van der Waals surface area (Å²) in [5, 5.41) is 21.0. The van der Waals surface area contributed by atoms with E-state index in [0.717, 1.165) is 21.3 Å². The molecule has 0 radical (unpaired) electrons. The first-order chi connectivity index (χ1) is 7.45. The van der Waals surface area contributed by atoms with E-state index in [4.69, 9.17) is 15.3 Å². The Kier molecular flexibility index (Phi) is 40.9. The molecule has 0 aliphatic heterocycles. The Balaban J connectivity index is -0.0000000418. The first kappa shape index (κ1) is 36.8. The standard InChI is InChI=1S/C10H15.3CH4O.2ClH.Zr/c1-7-6-10(4,5)9(3)8(7)2;3*1-2;;;/h1-5H3;3*2H,1H3;2*1H;/q-1;;;;;;. The molecule has 3 nitrogen and oxygen atoms in total. The molecule has 0 fully saturated rings. The predicted molar refractivity (Wildman–Crippen MR) is 83.5 cm³/mol. The summed E-state index contributed by atoms with van der Waals surface area (Å²) in [6, 6.07) is 0. The molecule has 0 aromatic rings. The Labute approximate surface area is 150 Å². The number of aliphatic hydroxyl groups excluding tert-OH is 3. The van der Waals surface area contributed by atoms with E-state index in [0.29, 0.717) is 0 Å². The predicted octanol–water partition coefficient (Wildman–Crippen LogP) is 2.78. The van der Waals surface area contributed by atoms with E-state index >= 15 is 0 Å². The monoisotopic (exact) mass is 393 g/mol. The van der Waals surface area contributed by atoms with Crippen LogP contribution in [-0.4, -0.2) is 36.6 Å². The van der Waals surface area contributed by atoms with E-state index in [1.165, 1.54) is 16.7 Å². The quantitative estimate of drug-likeness (QED) is 0.553. The fraction of sp³-hybridized carbons (Fsp3) is 0.692. The van der Waals surface area contributed by atoms with Crippen LogP contribution in [0.3, 0.4) is 0 Å². The van der Waals surface area contributed by atoms with E-state index in [1.807, 2.05) is 0 Å². The minimum Gasteiger partial charge on any atom is -0.400 e. The van der Waals surface area contributed by atoms with Crippen molar-refractivity contribution in [3.8, 4) is 0 Å². The maximum absolute atomic E-state index is 7.00. The molecule has 1 aliphatic carbocycles. The Bertz CT molecular complexity index is 240. The minimum atomic E-state index is 0.